The predicted octanol–water partition coefficient (Wildman–Crippen LogP) is 3.51. The first-order valence-corrected chi connectivity index (χ1v) is 6.90. The van der Waals surface area contributed by atoms with Crippen LogP contribution < -0.4 is 10.6 Å². The second-order valence-electron chi connectivity index (χ2n) is 4.75. The van der Waals surface area contributed by atoms with E-state index in [9.17, 15) is 8.78 Å². The first-order valence-electron chi connectivity index (χ1n) is 6.90. The van der Waals surface area contributed by atoms with Crippen LogP contribution in [-0.4, -0.2) is 15.2 Å². The van der Waals surface area contributed by atoms with Crippen LogP contribution in [0.3, 0.4) is 0 Å². The molecule has 1 heterocycles. The van der Waals surface area contributed by atoms with Crippen LogP contribution in [0.2, 0.25) is 0 Å². The Kier molecular flexibility index (Phi) is 4.37. The lowest BCUT2D eigenvalue weighted by atomic mass is 10.2. The van der Waals surface area contributed by atoms with Gasteiger partial charge in [0, 0.05) is 17.8 Å². The third-order valence-corrected chi connectivity index (χ3v) is 3.06. The van der Waals surface area contributed by atoms with Crippen LogP contribution in [0.25, 0.3) is 0 Å². The average molecular weight is 313 g/mol. The van der Waals surface area contributed by atoms with Gasteiger partial charge in [-0.15, -0.1) is 5.10 Å². The second-order valence-corrected chi connectivity index (χ2v) is 4.75. The normalized spacial score (nSPS) is 10.3. The molecule has 116 valence electrons. The number of anilines is 3. The summed E-state index contributed by atoms with van der Waals surface area (Å²) in [5, 5.41) is 13.5. The van der Waals surface area contributed by atoms with Crippen molar-refractivity contribution < 1.29 is 8.78 Å². The van der Waals surface area contributed by atoms with E-state index >= 15 is 0 Å². The van der Waals surface area contributed by atoms with E-state index in [1.165, 1.54) is 24.4 Å². The van der Waals surface area contributed by atoms with Gasteiger partial charge in [-0.05, 0) is 24.3 Å². The van der Waals surface area contributed by atoms with E-state index in [0.29, 0.717) is 17.1 Å². The summed E-state index contributed by atoms with van der Waals surface area (Å²) in [6, 6.07) is 12.4. The molecule has 0 saturated carbocycles. The highest BCUT2D eigenvalue weighted by Gasteiger charge is 2.04. The van der Waals surface area contributed by atoms with Crippen molar-refractivity contribution in [2.24, 2.45) is 0 Å². The number of aromatic nitrogens is 3. The Morgan fingerprint density at radius 2 is 1.87 bits per heavy atom. The van der Waals surface area contributed by atoms with Gasteiger partial charge in [-0.2, -0.15) is 10.1 Å². The van der Waals surface area contributed by atoms with Crippen molar-refractivity contribution in [3.8, 4) is 0 Å². The molecule has 1 aromatic heterocycles. The van der Waals surface area contributed by atoms with Crippen molar-refractivity contribution in [3.63, 3.8) is 0 Å². The minimum Gasteiger partial charge on any atom is -0.364 e. The van der Waals surface area contributed by atoms with Crippen LogP contribution in [0, 0.1) is 11.6 Å². The largest absolute Gasteiger partial charge is 0.364 e. The first kappa shape index (κ1) is 14.8. The minimum absolute atomic E-state index is 0.217. The summed E-state index contributed by atoms with van der Waals surface area (Å²) in [6.07, 6.45) is 1.43. The molecule has 0 unspecified atom stereocenters. The second kappa shape index (κ2) is 6.78. The Balaban J connectivity index is 1.69. The summed E-state index contributed by atoms with van der Waals surface area (Å²) in [7, 11) is 0. The maximum absolute atomic E-state index is 13.6. The van der Waals surface area contributed by atoms with Gasteiger partial charge < -0.3 is 10.6 Å². The highest BCUT2D eigenvalue weighted by atomic mass is 19.1. The van der Waals surface area contributed by atoms with Crippen LogP contribution in [-0.2, 0) is 6.54 Å². The summed E-state index contributed by atoms with van der Waals surface area (Å²) < 4.78 is 26.7. The van der Waals surface area contributed by atoms with Crippen molar-refractivity contribution in [2.45, 2.75) is 6.54 Å². The van der Waals surface area contributed by atoms with Gasteiger partial charge in [0.15, 0.2) is 5.82 Å². The van der Waals surface area contributed by atoms with Gasteiger partial charge in [0.1, 0.15) is 11.6 Å². The number of rotatable bonds is 5. The molecule has 2 aromatic carbocycles. The quantitative estimate of drug-likeness (QED) is 0.755. The molecule has 7 heteroatoms. The Bertz CT molecular complexity index is 810. The molecule has 0 atom stereocenters. The smallest absolute Gasteiger partial charge is 0.249 e. The fraction of sp³-hybridized carbons (Fsp3) is 0.0625. The molecule has 2 N–H and O–H groups in total. The third kappa shape index (κ3) is 3.97. The lowest BCUT2D eigenvalue weighted by Gasteiger charge is -2.08. The highest BCUT2D eigenvalue weighted by molar-refractivity contribution is 5.53. The van der Waals surface area contributed by atoms with Crippen molar-refractivity contribution in [3.05, 3.63) is 71.9 Å². The summed E-state index contributed by atoms with van der Waals surface area (Å²) in [5.74, 6) is -0.00629. The van der Waals surface area contributed by atoms with Crippen LogP contribution in [0.5, 0.6) is 0 Å². The Hall–Kier alpha value is -3.09. The van der Waals surface area contributed by atoms with E-state index in [4.69, 9.17) is 0 Å². The number of benzene rings is 2. The van der Waals surface area contributed by atoms with Gasteiger partial charge in [0.25, 0.3) is 0 Å². The lowest BCUT2D eigenvalue weighted by molar-refractivity contribution is 0.613. The van der Waals surface area contributed by atoms with E-state index in [0.717, 1.165) is 0 Å². The molecule has 0 bridgehead atoms. The zero-order valence-electron chi connectivity index (χ0n) is 12.0. The summed E-state index contributed by atoms with van der Waals surface area (Å²) in [6.45, 7) is 0.269. The van der Waals surface area contributed by atoms with Crippen LogP contribution in [0.4, 0.5) is 26.2 Å². The molecule has 0 saturated heterocycles. The van der Waals surface area contributed by atoms with Gasteiger partial charge in [0.05, 0.1) is 6.20 Å². The van der Waals surface area contributed by atoms with Crippen LogP contribution in [0.15, 0.2) is 54.7 Å². The number of hydrogen-bond acceptors (Lipinski definition) is 5. The van der Waals surface area contributed by atoms with Gasteiger partial charge in [-0.25, -0.2) is 8.78 Å². The van der Waals surface area contributed by atoms with Crippen molar-refractivity contribution in [1.82, 2.24) is 15.2 Å². The summed E-state index contributed by atoms with van der Waals surface area (Å²) in [4.78, 5) is 4.20. The number of nitrogens with zero attached hydrogens (tertiary/aromatic N) is 3. The van der Waals surface area contributed by atoms with E-state index in [1.54, 1.807) is 30.3 Å². The molecule has 0 amide bonds. The number of hydrogen-bond donors (Lipinski definition) is 2. The molecule has 0 aliphatic rings. The minimum atomic E-state index is -0.364. The fourth-order valence-corrected chi connectivity index (χ4v) is 1.96. The van der Waals surface area contributed by atoms with Crippen molar-refractivity contribution in [2.75, 3.05) is 10.6 Å². The highest BCUT2D eigenvalue weighted by Crippen LogP contribution is 2.15. The van der Waals surface area contributed by atoms with Gasteiger partial charge in [0.2, 0.25) is 5.95 Å². The van der Waals surface area contributed by atoms with E-state index < -0.39 is 0 Å². The molecule has 3 rings (SSSR count). The third-order valence-electron chi connectivity index (χ3n) is 3.06. The molecular formula is C16H13F2N5. The molecular weight excluding hydrogens is 300 g/mol. The molecule has 5 nitrogen and oxygen atoms in total. The standard InChI is InChI=1S/C16H13F2N5/c17-12-5-3-6-13(8-12)21-16-22-15(10-20-23-16)19-9-11-4-1-2-7-14(11)18/h1-8,10H,9H2,(H2,19,21,22,23). The van der Waals surface area contributed by atoms with Gasteiger partial charge >= 0.3 is 0 Å². The summed E-state index contributed by atoms with van der Waals surface area (Å²) >= 11 is 0. The zero-order valence-corrected chi connectivity index (χ0v) is 12.0. The number of nitrogens with one attached hydrogen (secondary N) is 2. The molecule has 0 aliphatic carbocycles. The summed E-state index contributed by atoms with van der Waals surface area (Å²) in [5.41, 5.74) is 1.03. The predicted molar refractivity (Wildman–Crippen MR) is 83.2 cm³/mol. The maximum atomic E-state index is 13.6. The van der Waals surface area contributed by atoms with Gasteiger partial charge in [-0.1, -0.05) is 24.3 Å². The molecule has 0 aliphatic heterocycles. The number of halogens is 2. The van der Waals surface area contributed by atoms with E-state index in [2.05, 4.69) is 25.8 Å². The molecule has 23 heavy (non-hydrogen) atoms. The topological polar surface area (TPSA) is 62.7 Å². The monoisotopic (exact) mass is 313 g/mol. The molecule has 0 fully saturated rings. The lowest BCUT2D eigenvalue weighted by Crippen LogP contribution is -2.06. The maximum Gasteiger partial charge on any atom is 0.249 e. The van der Waals surface area contributed by atoms with Crippen LogP contribution >= 0.6 is 0 Å². The first-order chi connectivity index (χ1) is 11.2. The SMILES string of the molecule is Fc1cccc(Nc2nncc(NCc3ccccc3F)n2)c1. The Morgan fingerprint density at radius 3 is 2.70 bits per heavy atom. The Morgan fingerprint density at radius 1 is 1.00 bits per heavy atom. The van der Waals surface area contributed by atoms with E-state index in [1.807, 2.05) is 0 Å². The molecule has 0 radical (unpaired) electrons. The molecule has 0 spiro atoms. The molecule has 3 aromatic rings. The average Bonchev–Trinajstić information content (AvgIpc) is 2.54. The Labute approximate surface area is 131 Å². The van der Waals surface area contributed by atoms with E-state index in [-0.39, 0.29) is 24.1 Å². The zero-order chi connectivity index (χ0) is 16.1. The van der Waals surface area contributed by atoms with Crippen molar-refractivity contribution >= 4 is 17.5 Å². The van der Waals surface area contributed by atoms with Crippen LogP contribution in [0.1, 0.15) is 5.56 Å². The fourth-order valence-electron chi connectivity index (χ4n) is 1.96. The van der Waals surface area contributed by atoms with Crippen molar-refractivity contribution in [1.29, 1.82) is 0 Å². The van der Waals surface area contributed by atoms with Gasteiger partial charge in [-0.3, -0.25) is 0 Å².